The second kappa shape index (κ2) is 11.3. The van der Waals surface area contributed by atoms with E-state index in [0.717, 1.165) is 11.1 Å². The predicted molar refractivity (Wildman–Crippen MR) is 145 cm³/mol. The molecule has 1 unspecified atom stereocenters. The molecular formula is C27H26ClN3O4S. The van der Waals surface area contributed by atoms with Crippen molar-refractivity contribution in [1.82, 2.24) is 10.6 Å². The first kappa shape index (κ1) is 25.3. The maximum absolute atomic E-state index is 13.4. The molecule has 1 aliphatic rings. The van der Waals surface area contributed by atoms with Gasteiger partial charge in [-0.05, 0) is 66.7 Å². The number of amides is 1. The van der Waals surface area contributed by atoms with Crippen molar-refractivity contribution in [2.45, 2.75) is 19.6 Å². The molecule has 0 saturated carbocycles. The Hall–Kier alpha value is -3.75. The highest BCUT2D eigenvalue weighted by Crippen LogP contribution is 2.32. The topological polar surface area (TPSA) is 80.9 Å². The molecule has 1 amide bonds. The van der Waals surface area contributed by atoms with Gasteiger partial charge in [0.05, 0.1) is 31.5 Å². The maximum atomic E-state index is 13.4. The molecule has 186 valence electrons. The zero-order chi connectivity index (χ0) is 25.7. The number of ether oxygens (including phenoxy) is 3. The zero-order valence-electron chi connectivity index (χ0n) is 20.1. The van der Waals surface area contributed by atoms with Crippen molar-refractivity contribution in [1.29, 1.82) is 0 Å². The van der Waals surface area contributed by atoms with Gasteiger partial charge in [0.15, 0.2) is 5.11 Å². The van der Waals surface area contributed by atoms with Crippen LogP contribution in [-0.4, -0.2) is 25.2 Å². The van der Waals surface area contributed by atoms with E-state index in [2.05, 4.69) is 16.0 Å². The van der Waals surface area contributed by atoms with Gasteiger partial charge < -0.3 is 30.2 Å². The number of hydrogen-bond donors (Lipinski definition) is 3. The predicted octanol–water partition coefficient (Wildman–Crippen LogP) is 5.37. The zero-order valence-corrected chi connectivity index (χ0v) is 21.6. The summed E-state index contributed by atoms with van der Waals surface area (Å²) in [5.74, 6) is 1.54. The van der Waals surface area contributed by atoms with Gasteiger partial charge in [-0.1, -0.05) is 35.9 Å². The Morgan fingerprint density at radius 1 is 1.00 bits per heavy atom. The van der Waals surface area contributed by atoms with E-state index in [1.54, 1.807) is 25.3 Å². The highest BCUT2D eigenvalue weighted by atomic mass is 35.5. The first-order chi connectivity index (χ1) is 17.4. The minimum absolute atomic E-state index is 0.286. The number of benzene rings is 3. The summed E-state index contributed by atoms with van der Waals surface area (Å²) in [5.41, 5.74) is 3.58. The van der Waals surface area contributed by atoms with Crippen LogP contribution in [0.1, 0.15) is 24.1 Å². The maximum Gasteiger partial charge on any atom is 0.255 e. The number of hydrogen-bond acceptors (Lipinski definition) is 5. The molecule has 3 aromatic rings. The van der Waals surface area contributed by atoms with Gasteiger partial charge in [0.25, 0.3) is 5.91 Å². The van der Waals surface area contributed by atoms with Crippen molar-refractivity contribution >= 4 is 40.5 Å². The summed E-state index contributed by atoms with van der Waals surface area (Å²) in [6.07, 6.45) is 0. The Morgan fingerprint density at radius 2 is 1.69 bits per heavy atom. The van der Waals surface area contributed by atoms with Crippen LogP contribution in [0.3, 0.4) is 0 Å². The summed E-state index contributed by atoms with van der Waals surface area (Å²) in [4.78, 5) is 13.4. The summed E-state index contributed by atoms with van der Waals surface area (Å²) >= 11 is 11.3. The SMILES string of the molecule is COc1ccc(NC(=O)C2=C(C)NC(=S)NC2c2ccc(OCc3ccc(Cl)cc3)cc2)c(OC)c1. The molecule has 36 heavy (non-hydrogen) atoms. The molecule has 0 spiro atoms. The summed E-state index contributed by atoms with van der Waals surface area (Å²) in [7, 11) is 3.11. The molecule has 1 heterocycles. The summed E-state index contributed by atoms with van der Waals surface area (Å²) in [5, 5.41) is 10.3. The normalized spacial score (nSPS) is 15.0. The van der Waals surface area contributed by atoms with Crippen LogP contribution < -0.4 is 30.2 Å². The number of methoxy groups -OCH3 is 2. The van der Waals surface area contributed by atoms with Crippen molar-refractivity contribution in [3.8, 4) is 17.2 Å². The van der Waals surface area contributed by atoms with Gasteiger partial charge in [-0.25, -0.2) is 0 Å². The van der Waals surface area contributed by atoms with Crippen molar-refractivity contribution in [3.05, 3.63) is 94.1 Å². The third-order valence-electron chi connectivity index (χ3n) is 5.70. The number of carbonyl (C=O) groups excluding carboxylic acids is 1. The first-order valence-corrected chi connectivity index (χ1v) is 12.0. The molecule has 7 nitrogen and oxygen atoms in total. The molecule has 3 N–H and O–H groups in total. The molecule has 1 aliphatic heterocycles. The minimum Gasteiger partial charge on any atom is -0.497 e. The lowest BCUT2D eigenvalue weighted by molar-refractivity contribution is -0.113. The molecule has 0 fully saturated rings. The molecule has 3 aromatic carbocycles. The Bertz CT molecular complexity index is 1290. The average Bonchev–Trinajstić information content (AvgIpc) is 2.88. The number of nitrogens with one attached hydrogen (secondary N) is 3. The number of rotatable bonds is 8. The fourth-order valence-electron chi connectivity index (χ4n) is 3.84. The average molecular weight is 524 g/mol. The highest BCUT2D eigenvalue weighted by molar-refractivity contribution is 7.80. The van der Waals surface area contributed by atoms with Gasteiger partial charge in [0, 0.05) is 16.8 Å². The summed E-state index contributed by atoms with van der Waals surface area (Å²) in [6.45, 7) is 2.24. The van der Waals surface area contributed by atoms with E-state index in [0.29, 0.717) is 50.9 Å². The smallest absolute Gasteiger partial charge is 0.255 e. The number of allylic oxidation sites excluding steroid dienone is 1. The molecule has 0 saturated heterocycles. The quantitative estimate of drug-likeness (QED) is 0.342. The molecule has 4 rings (SSSR count). The van der Waals surface area contributed by atoms with Crippen LogP contribution in [0.2, 0.25) is 5.02 Å². The van der Waals surface area contributed by atoms with Gasteiger partial charge in [0.1, 0.15) is 23.9 Å². The van der Waals surface area contributed by atoms with Gasteiger partial charge in [-0.15, -0.1) is 0 Å². The van der Waals surface area contributed by atoms with Gasteiger partial charge in [-0.2, -0.15) is 0 Å². The number of halogens is 1. The highest BCUT2D eigenvalue weighted by Gasteiger charge is 2.30. The monoisotopic (exact) mass is 523 g/mol. The van der Waals surface area contributed by atoms with E-state index in [-0.39, 0.29) is 5.91 Å². The summed E-state index contributed by atoms with van der Waals surface area (Å²) < 4.78 is 16.6. The van der Waals surface area contributed by atoms with Crippen LogP contribution in [0, 0.1) is 0 Å². The van der Waals surface area contributed by atoms with Gasteiger partial charge in [-0.3, -0.25) is 4.79 Å². The van der Waals surface area contributed by atoms with E-state index in [1.807, 2.05) is 55.5 Å². The third-order valence-corrected chi connectivity index (χ3v) is 6.17. The number of anilines is 1. The third kappa shape index (κ3) is 5.90. The molecule has 0 aromatic heterocycles. The lowest BCUT2D eigenvalue weighted by Gasteiger charge is -2.30. The largest absolute Gasteiger partial charge is 0.497 e. The fraction of sp³-hybridized carbons (Fsp3) is 0.185. The fourth-order valence-corrected chi connectivity index (χ4v) is 4.24. The minimum atomic E-state index is -0.451. The second-order valence-electron chi connectivity index (χ2n) is 8.07. The van der Waals surface area contributed by atoms with Crippen molar-refractivity contribution < 1.29 is 19.0 Å². The Labute approximate surface area is 220 Å². The molecule has 1 atom stereocenters. The van der Waals surface area contributed by atoms with E-state index >= 15 is 0 Å². The van der Waals surface area contributed by atoms with Crippen molar-refractivity contribution in [2.75, 3.05) is 19.5 Å². The Morgan fingerprint density at radius 3 is 2.36 bits per heavy atom. The van der Waals surface area contributed by atoms with Crippen LogP contribution in [0.5, 0.6) is 17.2 Å². The molecule has 0 aliphatic carbocycles. The number of thiocarbonyl (C=S) groups is 1. The van der Waals surface area contributed by atoms with Crippen molar-refractivity contribution in [2.24, 2.45) is 0 Å². The Balaban J connectivity index is 1.53. The number of carbonyl (C=O) groups is 1. The van der Waals surface area contributed by atoms with Gasteiger partial charge in [0.2, 0.25) is 0 Å². The molecule has 0 bridgehead atoms. The van der Waals surface area contributed by atoms with E-state index in [4.69, 9.17) is 38.0 Å². The van der Waals surface area contributed by atoms with Crippen LogP contribution in [0.15, 0.2) is 78.0 Å². The van der Waals surface area contributed by atoms with Crippen LogP contribution >= 0.6 is 23.8 Å². The van der Waals surface area contributed by atoms with E-state index in [9.17, 15) is 4.79 Å². The summed E-state index contributed by atoms with van der Waals surface area (Å²) in [6, 6.07) is 19.8. The molecular weight excluding hydrogens is 498 g/mol. The Kier molecular flexibility index (Phi) is 7.97. The lowest BCUT2D eigenvalue weighted by Crippen LogP contribution is -2.45. The standard InChI is InChI=1S/C27H26ClN3O4S/c1-16-24(26(32)30-22-13-12-21(33-2)14-23(22)34-3)25(31-27(36)29-16)18-6-10-20(11-7-18)35-15-17-4-8-19(28)9-5-17/h4-14,25H,15H2,1-3H3,(H,30,32)(H2,29,31,36). The first-order valence-electron chi connectivity index (χ1n) is 11.2. The van der Waals surface area contributed by atoms with Crippen LogP contribution in [-0.2, 0) is 11.4 Å². The van der Waals surface area contributed by atoms with Crippen molar-refractivity contribution in [3.63, 3.8) is 0 Å². The second-order valence-corrected chi connectivity index (χ2v) is 8.92. The van der Waals surface area contributed by atoms with Crippen LogP contribution in [0.25, 0.3) is 0 Å². The van der Waals surface area contributed by atoms with Crippen LogP contribution in [0.4, 0.5) is 5.69 Å². The van der Waals surface area contributed by atoms with Gasteiger partial charge >= 0.3 is 0 Å². The lowest BCUT2D eigenvalue weighted by atomic mass is 9.95. The molecule has 9 heteroatoms. The van der Waals surface area contributed by atoms with E-state index in [1.165, 1.54) is 7.11 Å². The van der Waals surface area contributed by atoms with E-state index < -0.39 is 6.04 Å². The molecule has 0 radical (unpaired) electrons.